The molecule has 0 saturated heterocycles. The second-order valence-electron chi connectivity index (χ2n) is 5.39. The molecule has 1 saturated carbocycles. The second-order valence-corrected chi connectivity index (χ2v) is 5.39. The van der Waals surface area contributed by atoms with Crippen LogP contribution in [0.25, 0.3) is 0 Å². The van der Waals surface area contributed by atoms with Crippen LogP contribution in [0, 0.1) is 0 Å². The van der Waals surface area contributed by atoms with Gasteiger partial charge in [-0.2, -0.15) is 0 Å². The summed E-state index contributed by atoms with van der Waals surface area (Å²) < 4.78 is 5.64. The van der Waals surface area contributed by atoms with Crippen molar-refractivity contribution in [3.63, 3.8) is 0 Å². The van der Waals surface area contributed by atoms with Crippen molar-refractivity contribution in [1.82, 2.24) is 5.32 Å². The lowest BCUT2D eigenvalue weighted by atomic mass is 9.82. The van der Waals surface area contributed by atoms with Crippen LogP contribution < -0.4 is 10.1 Å². The Morgan fingerprint density at radius 3 is 2.63 bits per heavy atom. The van der Waals surface area contributed by atoms with E-state index in [1.165, 1.54) is 24.8 Å². The van der Waals surface area contributed by atoms with Gasteiger partial charge < -0.3 is 15.2 Å². The van der Waals surface area contributed by atoms with Gasteiger partial charge in [-0.05, 0) is 25.8 Å². The largest absolute Gasteiger partial charge is 0.494 e. The Balaban J connectivity index is 2.00. The van der Waals surface area contributed by atoms with Gasteiger partial charge in [-0.1, -0.05) is 37.5 Å². The van der Waals surface area contributed by atoms with Crippen molar-refractivity contribution in [2.24, 2.45) is 0 Å². The van der Waals surface area contributed by atoms with Gasteiger partial charge in [-0.25, -0.2) is 0 Å². The Morgan fingerprint density at radius 2 is 1.95 bits per heavy atom. The molecule has 0 aromatic heterocycles. The molecule has 1 aliphatic carbocycles. The van der Waals surface area contributed by atoms with Gasteiger partial charge in [0.05, 0.1) is 13.2 Å². The molecule has 1 aromatic rings. The first-order chi connectivity index (χ1) is 9.29. The van der Waals surface area contributed by atoms with E-state index in [0.717, 1.165) is 25.1 Å². The highest BCUT2D eigenvalue weighted by molar-refractivity contribution is 5.33. The van der Waals surface area contributed by atoms with E-state index in [2.05, 4.69) is 11.4 Å². The molecule has 1 fully saturated rings. The third-order valence-electron chi connectivity index (χ3n) is 4.04. The summed E-state index contributed by atoms with van der Waals surface area (Å²) in [5.74, 6) is 0.946. The summed E-state index contributed by atoms with van der Waals surface area (Å²) in [5, 5.41) is 13.3. The fourth-order valence-corrected chi connectivity index (χ4v) is 2.85. The Morgan fingerprint density at radius 1 is 1.21 bits per heavy atom. The first-order valence-corrected chi connectivity index (χ1v) is 7.36. The highest BCUT2D eigenvalue weighted by Gasteiger charge is 2.30. The lowest BCUT2D eigenvalue weighted by molar-refractivity contribution is 0.119. The minimum Gasteiger partial charge on any atom is -0.494 e. The minimum atomic E-state index is -0.0857. The zero-order valence-corrected chi connectivity index (χ0v) is 11.8. The van der Waals surface area contributed by atoms with E-state index in [-0.39, 0.29) is 12.1 Å². The maximum absolute atomic E-state index is 9.70. The van der Waals surface area contributed by atoms with Gasteiger partial charge in [0.15, 0.2) is 0 Å². The molecule has 0 amide bonds. The number of benzene rings is 1. The maximum atomic E-state index is 9.70. The van der Waals surface area contributed by atoms with Crippen LogP contribution >= 0.6 is 0 Å². The molecule has 2 rings (SSSR count). The SMILES string of the molecule is CCOc1ccccc1CNC1(CO)CCCCC1. The number of aliphatic hydroxyl groups is 1. The molecule has 106 valence electrons. The zero-order valence-electron chi connectivity index (χ0n) is 11.8. The summed E-state index contributed by atoms with van der Waals surface area (Å²) in [5.41, 5.74) is 1.08. The molecular formula is C16H25NO2. The Hall–Kier alpha value is -1.06. The second kappa shape index (κ2) is 6.92. The van der Waals surface area contributed by atoms with E-state index < -0.39 is 0 Å². The number of para-hydroxylation sites is 1. The molecule has 3 nitrogen and oxygen atoms in total. The highest BCUT2D eigenvalue weighted by atomic mass is 16.5. The topological polar surface area (TPSA) is 41.5 Å². The van der Waals surface area contributed by atoms with Crippen LogP contribution in [0.4, 0.5) is 0 Å². The molecule has 0 heterocycles. The third-order valence-corrected chi connectivity index (χ3v) is 4.04. The molecule has 19 heavy (non-hydrogen) atoms. The van der Waals surface area contributed by atoms with E-state index in [9.17, 15) is 5.11 Å². The van der Waals surface area contributed by atoms with Crippen LogP contribution in [0.1, 0.15) is 44.6 Å². The van der Waals surface area contributed by atoms with Gasteiger partial charge in [0, 0.05) is 17.6 Å². The van der Waals surface area contributed by atoms with Gasteiger partial charge in [-0.15, -0.1) is 0 Å². The van der Waals surface area contributed by atoms with Crippen molar-refractivity contribution in [2.75, 3.05) is 13.2 Å². The smallest absolute Gasteiger partial charge is 0.123 e. The molecule has 0 bridgehead atoms. The molecule has 0 atom stereocenters. The van der Waals surface area contributed by atoms with Crippen molar-refractivity contribution in [1.29, 1.82) is 0 Å². The lowest BCUT2D eigenvalue weighted by Crippen LogP contribution is -2.49. The molecule has 0 aliphatic heterocycles. The number of ether oxygens (including phenoxy) is 1. The van der Waals surface area contributed by atoms with Crippen molar-refractivity contribution in [3.05, 3.63) is 29.8 Å². The van der Waals surface area contributed by atoms with Gasteiger partial charge in [-0.3, -0.25) is 0 Å². The first-order valence-electron chi connectivity index (χ1n) is 7.36. The van der Waals surface area contributed by atoms with Gasteiger partial charge >= 0.3 is 0 Å². The van der Waals surface area contributed by atoms with Crippen molar-refractivity contribution >= 4 is 0 Å². The van der Waals surface area contributed by atoms with E-state index in [1.54, 1.807) is 0 Å². The molecule has 2 N–H and O–H groups in total. The summed E-state index contributed by atoms with van der Waals surface area (Å²) in [6, 6.07) is 8.13. The van der Waals surface area contributed by atoms with E-state index >= 15 is 0 Å². The highest BCUT2D eigenvalue weighted by Crippen LogP contribution is 2.29. The Labute approximate surface area is 116 Å². The number of nitrogens with one attached hydrogen (secondary N) is 1. The molecular weight excluding hydrogens is 238 g/mol. The Bertz CT molecular complexity index is 386. The average molecular weight is 263 g/mol. The standard InChI is InChI=1S/C16H25NO2/c1-2-19-15-9-5-4-8-14(15)12-17-16(13-18)10-6-3-7-11-16/h4-5,8-9,17-18H,2-3,6-7,10-13H2,1H3. The normalized spacial score (nSPS) is 18.2. The predicted octanol–water partition coefficient (Wildman–Crippen LogP) is 2.87. The van der Waals surface area contributed by atoms with Gasteiger partial charge in [0.1, 0.15) is 5.75 Å². The zero-order chi connectivity index (χ0) is 13.6. The summed E-state index contributed by atoms with van der Waals surface area (Å²) in [7, 11) is 0. The Kier molecular flexibility index (Phi) is 5.23. The molecule has 1 aromatic carbocycles. The summed E-state index contributed by atoms with van der Waals surface area (Å²) >= 11 is 0. The number of hydrogen-bond donors (Lipinski definition) is 2. The number of aliphatic hydroxyl groups excluding tert-OH is 1. The number of rotatable bonds is 6. The lowest BCUT2D eigenvalue weighted by Gasteiger charge is -2.37. The maximum Gasteiger partial charge on any atom is 0.123 e. The van der Waals surface area contributed by atoms with E-state index in [1.807, 2.05) is 25.1 Å². The summed E-state index contributed by atoms with van der Waals surface area (Å²) in [6.45, 7) is 3.67. The first kappa shape index (κ1) is 14.4. The number of hydrogen-bond acceptors (Lipinski definition) is 3. The van der Waals surface area contributed by atoms with Crippen molar-refractivity contribution in [2.45, 2.75) is 51.1 Å². The van der Waals surface area contributed by atoms with Crippen molar-refractivity contribution < 1.29 is 9.84 Å². The summed E-state index contributed by atoms with van der Waals surface area (Å²) in [4.78, 5) is 0. The fourth-order valence-electron chi connectivity index (χ4n) is 2.85. The van der Waals surface area contributed by atoms with Crippen LogP contribution in [0.3, 0.4) is 0 Å². The molecule has 0 spiro atoms. The van der Waals surface area contributed by atoms with E-state index in [4.69, 9.17) is 4.74 Å². The average Bonchev–Trinajstić information content (AvgIpc) is 2.48. The van der Waals surface area contributed by atoms with Crippen LogP contribution in [0.15, 0.2) is 24.3 Å². The fraction of sp³-hybridized carbons (Fsp3) is 0.625. The summed E-state index contributed by atoms with van der Waals surface area (Å²) in [6.07, 6.45) is 5.85. The monoisotopic (exact) mass is 263 g/mol. The quantitative estimate of drug-likeness (QED) is 0.829. The third kappa shape index (κ3) is 3.71. The predicted molar refractivity (Wildman–Crippen MR) is 77.4 cm³/mol. The minimum absolute atomic E-state index is 0.0857. The van der Waals surface area contributed by atoms with Gasteiger partial charge in [0.2, 0.25) is 0 Å². The molecule has 0 unspecified atom stereocenters. The molecule has 3 heteroatoms. The van der Waals surface area contributed by atoms with Crippen LogP contribution in [0.2, 0.25) is 0 Å². The van der Waals surface area contributed by atoms with Crippen LogP contribution in [-0.2, 0) is 6.54 Å². The van der Waals surface area contributed by atoms with Crippen LogP contribution in [-0.4, -0.2) is 23.9 Å². The molecule has 1 aliphatic rings. The van der Waals surface area contributed by atoms with E-state index in [0.29, 0.717) is 6.61 Å². The molecule has 0 radical (unpaired) electrons. The van der Waals surface area contributed by atoms with Crippen LogP contribution in [0.5, 0.6) is 5.75 Å². The van der Waals surface area contributed by atoms with Gasteiger partial charge in [0.25, 0.3) is 0 Å². The van der Waals surface area contributed by atoms with Crippen molar-refractivity contribution in [3.8, 4) is 5.75 Å².